The van der Waals surface area contributed by atoms with Crippen LogP contribution in [0, 0.1) is 17.6 Å². The molecule has 0 heterocycles. The van der Waals surface area contributed by atoms with E-state index in [1.165, 1.54) is 25.0 Å². The average molecular weight is 268 g/mol. The Morgan fingerprint density at radius 3 is 2.32 bits per heavy atom. The third kappa shape index (κ3) is 3.90. The number of hydrogen-bond acceptors (Lipinski definition) is 2. The lowest BCUT2D eigenvalue weighted by molar-refractivity contribution is 0.555. The molecule has 1 N–H and O–H groups in total. The van der Waals surface area contributed by atoms with Crippen molar-refractivity contribution >= 4 is 5.69 Å². The van der Waals surface area contributed by atoms with Crippen molar-refractivity contribution in [3.05, 3.63) is 29.3 Å². The topological polar surface area (TPSA) is 15.3 Å². The van der Waals surface area contributed by atoms with Crippen molar-refractivity contribution in [3.8, 4) is 0 Å². The Labute approximate surface area is 113 Å². The maximum absolute atomic E-state index is 14.0. The summed E-state index contributed by atoms with van der Waals surface area (Å²) in [6, 6.07) is 3.41. The normalized spacial score (nSPS) is 15.1. The second-order valence-electron chi connectivity index (χ2n) is 5.84. The molecule has 0 aromatic heterocycles. The summed E-state index contributed by atoms with van der Waals surface area (Å²) >= 11 is 0. The fourth-order valence-corrected chi connectivity index (χ4v) is 2.27. The van der Waals surface area contributed by atoms with Crippen LogP contribution in [0.1, 0.15) is 32.3 Å². The molecule has 1 saturated carbocycles. The number of nitrogens with zero attached hydrogens (tertiary/aromatic N) is 1. The van der Waals surface area contributed by atoms with E-state index in [1.807, 2.05) is 13.8 Å². The fourth-order valence-electron chi connectivity index (χ4n) is 2.27. The molecule has 0 amide bonds. The number of anilines is 1. The minimum Gasteiger partial charge on any atom is -0.370 e. The number of benzene rings is 1. The molecule has 0 unspecified atom stereocenters. The smallest absolute Gasteiger partial charge is 0.149 e. The van der Waals surface area contributed by atoms with Gasteiger partial charge < -0.3 is 10.2 Å². The molecule has 1 aliphatic carbocycles. The Morgan fingerprint density at radius 1 is 1.26 bits per heavy atom. The van der Waals surface area contributed by atoms with Crippen LogP contribution in [-0.2, 0) is 6.54 Å². The van der Waals surface area contributed by atoms with E-state index in [1.54, 1.807) is 11.9 Å². The molecule has 106 valence electrons. The first kappa shape index (κ1) is 14.3. The Balaban J connectivity index is 2.10. The minimum atomic E-state index is -0.476. The number of halogens is 2. The van der Waals surface area contributed by atoms with Crippen LogP contribution >= 0.6 is 0 Å². The van der Waals surface area contributed by atoms with Gasteiger partial charge in [0.1, 0.15) is 17.3 Å². The Bertz CT molecular complexity index is 419. The predicted molar refractivity (Wildman–Crippen MR) is 74.3 cm³/mol. The number of hydrogen-bond donors (Lipinski definition) is 1. The Morgan fingerprint density at radius 2 is 1.84 bits per heavy atom. The Hall–Kier alpha value is -1.16. The van der Waals surface area contributed by atoms with Crippen LogP contribution in [0.15, 0.2) is 12.1 Å². The lowest BCUT2D eigenvalue weighted by Gasteiger charge is -2.23. The van der Waals surface area contributed by atoms with Gasteiger partial charge in [-0.15, -0.1) is 0 Å². The van der Waals surface area contributed by atoms with Crippen LogP contribution in [0.2, 0.25) is 0 Å². The van der Waals surface area contributed by atoms with Gasteiger partial charge in [-0.05, 0) is 36.5 Å². The first-order valence-corrected chi connectivity index (χ1v) is 6.89. The van der Waals surface area contributed by atoms with Crippen molar-refractivity contribution in [3.63, 3.8) is 0 Å². The van der Waals surface area contributed by atoms with Gasteiger partial charge in [0.2, 0.25) is 0 Å². The highest BCUT2D eigenvalue weighted by atomic mass is 19.1. The van der Waals surface area contributed by atoms with E-state index in [9.17, 15) is 8.78 Å². The molecular weight excluding hydrogens is 246 g/mol. The quantitative estimate of drug-likeness (QED) is 0.851. The summed E-state index contributed by atoms with van der Waals surface area (Å²) < 4.78 is 28.1. The second kappa shape index (κ2) is 5.87. The number of rotatable bonds is 6. The van der Waals surface area contributed by atoms with Crippen LogP contribution in [0.25, 0.3) is 0 Å². The maximum Gasteiger partial charge on any atom is 0.149 e. The summed E-state index contributed by atoms with van der Waals surface area (Å²) in [6.07, 6.45) is 2.33. The third-order valence-electron chi connectivity index (χ3n) is 3.27. The highest BCUT2D eigenvalue weighted by molar-refractivity contribution is 5.50. The second-order valence-corrected chi connectivity index (χ2v) is 5.84. The molecule has 0 atom stereocenters. The average Bonchev–Trinajstić information content (AvgIpc) is 3.07. The SMILES string of the molecule is CC(C)CN(C)c1c(F)cc(CNC2CC2)cc1F. The summed E-state index contributed by atoms with van der Waals surface area (Å²) in [4.78, 5) is 1.65. The van der Waals surface area contributed by atoms with Gasteiger partial charge in [-0.25, -0.2) is 8.78 Å². The molecule has 1 fully saturated rings. The first-order chi connectivity index (χ1) is 8.97. The molecule has 0 spiro atoms. The summed E-state index contributed by atoms with van der Waals surface area (Å²) in [5, 5.41) is 3.26. The molecule has 1 aliphatic rings. The van der Waals surface area contributed by atoms with Crippen LogP contribution < -0.4 is 10.2 Å². The largest absolute Gasteiger partial charge is 0.370 e. The van der Waals surface area contributed by atoms with Crippen molar-refractivity contribution in [2.75, 3.05) is 18.5 Å². The highest BCUT2D eigenvalue weighted by Crippen LogP contribution is 2.25. The molecule has 2 nitrogen and oxygen atoms in total. The van der Waals surface area contributed by atoms with Gasteiger partial charge in [0.05, 0.1) is 0 Å². The molecule has 0 radical (unpaired) electrons. The molecule has 4 heteroatoms. The number of nitrogens with one attached hydrogen (secondary N) is 1. The van der Waals surface area contributed by atoms with Crippen molar-refractivity contribution in [1.29, 1.82) is 0 Å². The standard InChI is InChI=1S/C15H22F2N2/c1-10(2)9-19(3)15-13(16)6-11(7-14(15)17)8-18-12-4-5-12/h6-7,10,12,18H,4-5,8-9H2,1-3H3. The van der Waals surface area contributed by atoms with E-state index in [-0.39, 0.29) is 5.69 Å². The summed E-state index contributed by atoms with van der Waals surface area (Å²) in [7, 11) is 1.73. The van der Waals surface area contributed by atoms with E-state index in [0.717, 1.165) is 0 Å². The van der Waals surface area contributed by atoms with Crippen LogP contribution in [0.4, 0.5) is 14.5 Å². The van der Waals surface area contributed by atoms with Gasteiger partial charge in [-0.1, -0.05) is 13.8 Å². The molecule has 1 aromatic rings. The molecule has 19 heavy (non-hydrogen) atoms. The van der Waals surface area contributed by atoms with Crippen molar-refractivity contribution in [1.82, 2.24) is 5.32 Å². The van der Waals surface area contributed by atoms with E-state index in [4.69, 9.17) is 0 Å². The zero-order valence-corrected chi connectivity index (χ0v) is 11.8. The molecule has 0 saturated heterocycles. The van der Waals surface area contributed by atoms with Crippen molar-refractivity contribution < 1.29 is 8.78 Å². The molecule has 1 aromatic carbocycles. The molecular formula is C15H22F2N2. The highest BCUT2D eigenvalue weighted by Gasteiger charge is 2.21. The van der Waals surface area contributed by atoms with E-state index in [2.05, 4.69) is 5.32 Å². The van der Waals surface area contributed by atoms with E-state index < -0.39 is 11.6 Å². The summed E-state index contributed by atoms with van der Waals surface area (Å²) in [5.74, 6) is -0.591. The van der Waals surface area contributed by atoms with Gasteiger partial charge in [0.15, 0.2) is 0 Å². The van der Waals surface area contributed by atoms with Gasteiger partial charge in [0.25, 0.3) is 0 Å². The van der Waals surface area contributed by atoms with Crippen LogP contribution in [-0.4, -0.2) is 19.6 Å². The minimum absolute atomic E-state index is 0.0730. The zero-order valence-electron chi connectivity index (χ0n) is 11.8. The molecule has 2 rings (SSSR count). The monoisotopic (exact) mass is 268 g/mol. The lowest BCUT2D eigenvalue weighted by Crippen LogP contribution is -2.25. The summed E-state index contributed by atoms with van der Waals surface area (Å²) in [6.45, 7) is 5.22. The molecule has 0 bridgehead atoms. The third-order valence-corrected chi connectivity index (χ3v) is 3.27. The van der Waals surface area contributed by atoms with Crippen LogP contribution in [0.3, 0.4) is 0 Å². The maximum atomic E-state index is 14.0. The van der Waals surface area contributed by atoms with E-state index >= 15 is 0 Å². The lowest BCUT2D eigenvalue weighted by atomic mass is 10.1. The fraction of sp³-hybridized carbons (Fsp3) is 0.600. The van der Waals surface area contributed by atoms with Gasteiger partial charge in [-0.2, -0.15) is 0 Å². The van der Waals surface area contributed by atoms with Crippen molar-refractivity contribution in [2.24, 2.45) is 5.92 Å². The van der Waals surface area contributed by atoms with E-state index in [0.29, 0.717) is 30.6 Å². The van der Waals surface area contributed by atoms with Gasteiger partial charge >= 0.3 is 0 Å². The Kier molecular flexibility index (Phi) is 4.40. The summed E-state index contributed by atoms with van der Waals surface area (Å²) in [5.41, 5.74) is 0.743. The first-order valence-electron chi connectivity index (χ1n) is 6.89. The van der Waals surface area contributed by atoms with Crippen LogP contribution in [0.5, 0.6) is 0 Å². The van der Waals surface area contributed by atoms with Gasteiger partial charge in [0, 0.05) is 26.2 Å². The van der Waals surface area contributed by atoms with Crippen molar-refractivity contribution in [2.45, 2.75) is 39.3 Å². The predicted octanol–water partition coefficient (Wildman–Crippen LogP) is 3.31. The van der Waals surface area contributed by atoms with Gasteiger partial charge in [-0.3, -0.25) is 0 Å². The zero-order chi connectivity index (χ0) is 14.0. The molecule has 0 aliphatic heterocycles.